The maximum atomic E-state index is 12.3. The zero-order valence-electron chi connectivity index (χ0n) is 24.0. The summed E-state index contributed by atoms with van der Waals surface area (Å²) in [6.07, 6.45) is 2.64. The molecular weight excluding hydrogens is 665 g/mol. The minimum Gasteiger partial charge on any atom is -0.494 e. The topological polar surface area (TPSA) is 130 Å². The molecule has 0 spiro atoms. The standard InChI is InChI=1S/C30H34IN7O5/c1-4-27(39)38-12-14-43-26(18-38)25-17-37(11-13-42-25)19-9-10-23(24(15-19)41-3)35-30-33-16-21(31)28(36-30)34-22-8-6-5-7-20(22)29(40)32-2/h4-10,15-16,25-26H,1,11-14,17-18H2,2-3H3,(H,32,40)(H2,33,34,35,36). The molecule has 226 valence electrons. The van der Waals surface area contributed by atoms with Crippen LogP contribution in [0.3, 0.4) is 0 Å². The largest absolute Gasteiger partial charge is 0.494 e. The number of anilines is 5. The Balaban J connectivity index is 1.30. The summed E-state index contributed by atoms with van der Waals surface area (Å²) in [4.78, 5) is 37.5. The molecule has 0 radical (unpaired) electrons. The maximum Gasteiger partial charge on any atom is 0.253 e. The van der Waals surface area contributed by atoms with Gasteiger partial charge in [-0.2, -0.15) is 4.98 Å². The summed E-state index contributed by atoms with van der Waals surface area (Å²) in [6.45, 7) is 6.95. The van der Waals surface area contributed by atoms with Crippen molar-refractivity contribution >= 4 is 63.2 Å². The van der Waals surface area contributed by atoms with Gasteiger partial charge in [0.2, 0.25) is 11.9 Å². The third-order valence-corrected chi connectivity index (χ3v) is 8.07. The number of para-hydroxylation sites is 1. The van der Waals surface area contributed by atoms with Crippen LogP contribution >= 0.6 is 22.6 Å². The quantitative estimate of drug-likeness (QED) is 0.225. The molecule has 5 rings (SSSR count). The zero-order valence-corrected chi connectivity index (χ0v) is 26.2. The number of nitrogens with zero attached hydrogens (tertiary/aromatic N) is 4. The highest BCUT2D eigenvalue weighted by Crippen LogP contribution is 2.33. The van der Waals surface area contributed by atoms with Crippen molar-refractivity contribution in [3.8, 4) is 5.75 Å². The van der Waals surface area contributed by atoms with Gasteiger partial charge in [-0.05, 0) is 52.9 Å². The van der Waals surface area contributed by atoms with Crippen molar-refractivity contribution in [1.29, 1.82) is 0 Å². The van der Waals surface area contributed by atoms with Crippen molar-refractivity contribution in [3.05, 3.63) is 70.5 Å². The van der Waals surface area contributed by atoms with E-state index in [9.17, 15) is 9.59 Å². The van der Waals surface area contributed by atoms with E-state index in [0.29, 0.717) is 73.8 Å². The van der Waals surface area contributed by atoms with Crippen LogP contribution in [0.5, 0.6) is 5.75 Å². The third-order valence-electron chi connectivity index (χ3n) is 7.28. The highest BCUT2D eigenvalue weighted by Gasteiger charge is 2.34. The number of nitrogens with one attached hydrogen (secondary N) is 3. The predicted octanol–water partition coefficient (Wildman–Crippen LogP) is 3.56. The van der Waals surface area contributed by atoms with Crippen molar-refractivity contribution in [3.63, 3.8) is 0 Å². The minimum absolute atomic E-state index is 0.0949. The maximum absolute atomic E-state index is 12.3. The number of benzene rings is 2. The van der Waals surface area contributed by atoms with Gasteiger partial charge in [0.05, 0.1) is 40.8 Å². The first-order chi connectivity index (χ1) is 20.9. The van der Waals surface area contributed by atoms with E-state index in [2.05, 4.69) is 60.0 Å². The molecule has 12 nitrogen and oxygen atoms in total. The minimum atomic E-state index is -0.215. The van der Waals surface area contributed by atoms with Crippen LogP contribution in [0.15, 0.2) is 61.3 Å². The predicted molar refractivity (Wildman–Crippen MR) is 173 cm³/mol. The molecule has 2 amide bonds. The van der Waals surface area contributed by atoms with Crippen LogP contribution in [0.25, 0.3) is 0 Å². The summed E-state index contributed by atoms with van der Waals surface area (Å²) in [5.41, 5.74) is 2.81. The molecular formula is C30H34IN7O5. The molecule has 2 saturated heterocycles. The molecule has 13 heteroatoms. The lowest BCUT2D eigenvalue weighted by Crippen LogP contribution is -2.55. The first-order valence-electron chi connectivity index (χ1n) is 13.9. The second kappa shape index (κ2) is 14.0. The number of rotatable bonds is 9. The monoisotopic (exact) mass is 699 g/mol. The number of hydrogen-bond acceptors (Lipinski definition) is 10. The molecule has 2 atom stereocenters. The second-order valence-corrected chi connectivity index (χ2v) is 11.1. The van der Waals surface area contributed by atoms with Gasteiger partial charge < -0.3 is 40.0 Å². The number of carbonyl (C=O) groups is 2. The van der Waals surface area contributed by atoms with Gasteiger partial charge in [0, 0.05) is 51.2 Å². The summed E-state index contributed by atoms with van der Waals surface area (Å²) in [5, 5.41) is 9.18. The Morgan fingerprint density at radius 2 is 1.84 bits per heavy atom. The van der Waals surface area contributed by atoms with Crippen LogP contribution in [-0.2, 0) is 14.3 Å². The van der Waals surface area contributed by atoms with Gasteiger partial charge >= 0.3 is 0 Å². The lowest BCUT2D eigenvalue weighted by molar-refractivity contribution is -0.144. The van der Waals surface area contributed by atoms with Gasteiger partial charge in [-0.3, -0.25) is 9.59 Å². The number of amides is 2. The fourth-order valence-corrected chi connectivity index (χ4v) is 5.43. The number of ether oxygens (including phenoxy) is 3. The SMILES string of the molecule is C=CC(=O)N1CCOC(C2CN(c3ccc(Nc4ncc(I)c(Nc5ccccc5C(=O)NC)n4)c(OC)c3)CCO2)C1. The number of morpholine rings is 2. The van der Waals surface area contributed by atoms with Gasteiger partial charge in [0.1, 0.15) is 23.8 Å². The molecule has 2 fully saturated rings. The van der Waals surface area contributed by atoms with Crippen LogP contribution < -0.4 is 25.6 Å². The van der Waals surface area contributed by atoms with Gasteiger partial charge in [0.15, 0.2) is 0 Å². The smallest absolute Gasteiger partial charge is 0.253 e. The molecule has 0 aliphatic carbocycles. The molecule has 2 aliphatic heterocycles. The first-order valence-corrected chi connectivity index (χ1v) is 14.9. The Bertz CT molecular complexity index is 1490. The van der Waals surface area contributed by atoms with Gasteiger partial charge in [-0.1, -0.05) is 18.7 Å². The van der Waals surface area contributed by atoms with E-state index in [1.165, 1.54) is 6.08 Å². The van der Waals surface area contributed by atoms with E-state index in [0.717, 1.165) is 9.26 Å². The molecule has 3 heterocycles. The molecule has 1 aromatic heterocycles. The fraction of sp³-hybridized carbons (Fsp3) is 0.333. The Hall–Kier alpha value is -3.95. The van der Waals surface area contributed by atoms with E-state index < -0.39 is 0 Å². The van der Waals surface area contributed by atoms with Crippen molar-refractivity contribution in [1.82, 2.24) is 20.2 Å². The Morgan fingerprint density at radius 3 is 2.60 bits per heavy atom. The van der Waals surface area contributed by atoms with Crippen molar-refractivity contribution in [2.45, 2.75) is 12.2 Å². The normalized spacial score (nSPS) is 18.5. The van der Waals surface area contributed by atoms with E-state index in [4.69, 9.17) is 14.2 Å². The number of halogens is 1. The van der Waals surface area contributed by atoms with E-state index in [1.54, 1.807) is 31.3 Å². The van der Waals surface area contributed by atoms with Gasteiger partial charge in [-0.25, -0.2) is 4.98 Å². The highest BCUT2D eigenvalue weighted by atomic mass is 127. The van der Waals surface area contributed by atoms with Crippen LogP contribution in [0.2, 0.25) is 0 Å². The van der Waals surface area contributed by atoms with Crippen molar-refractivity contribution in [2.75, 3.05) is 69.1 Å². The molecule has 0 saturated carbocycles. The number of hydrogen-bond donors (Lipinski definition) is 3. The molecule has 3 aromatic rings. The average molecular weight is 700 g/mol. The molecule has 0 bridgehead atoms. The van der Waals surface area contributed by atoms with Gasteiger partial charge in [0.25, 0.3) is 5.91 Å². The third kappa shape index (κ3) is 7.17. The van der Waals surface area contributed by atoms with Crippen LogP contribution in [0.4, 0.5) is 28.8 Å². The summed E-state index contributed by atoms with van der Waals surface area (Å²) in [5.74, 6) is 1.26. The van der Waals surface area contributed by atoms with Crippen molar-refractivity contribution < 1.29 is 23.8 Å². The zero-order chi connectivity index (χ0) is 30.3. The molecule has 43 heavy (non-hydrogen) atoms. The molecule has 2 aliphatic rings. The molecule has 2 unspecified atom stereocenters. The summed E-state index contributed by atoms with van der Waals surface area (Å²) >= 11 is 2.15. The number of methoxy groups -OCH3 is 1. The van der Waals surface area contributed by atoms with Gasteiger partial charge in [-0.15, -0.1) is 0 Å². The van der Waals surface area contributed by atoms with Crippen LogP contribution in [-0.4, -0.2) is 92.4 Å². The lowest BCUT2D eigenvalue weighted by atomic mass is 10.1. The second-order valence-electron chi connectivity index (χ2n) is 9.90. The summed E-state index contributed by atoms with van der Waals surface area (Å²) in [6, 6.07) is 13.1. The fourth-order valence-electron chi connectivity index (χ4n) is 5.03. The van der Waals surface area contributed by atoms with E-state index >= 15 is 0 Å². The Morgan fingerprint density at radius 1 is 1.07 bits per heavy atom. The van der Waals surface area contributed by atoms with Crippen LogP contribution in [0, 0.1) is 3.57 Å². The molecule has 2 aromatic carbocycles. The highest BCUT2D eigenvalue weighted by molar-refractivity contribution is 14.1. The Kier molecular flexibility index (Phi) is 9.94. The number of aromatic nitrogens is 2. The Labute approximate surface area is 263 Å². The molecule has 3 N–H and O–H groups in total. The number of carbonyl (C=O) groups excluding carboxylic acids is 2. The lowest BCUT2D eigenvalue weighted by Gasteiger charge is -2.41. The summed E-state index contributed by atoms with van der Waals surface area (Å²) in [7, 11) is 3.21. The van der Waals surface area contributed by atoms with Crippen LogP contribution in [0.1, 0.15) is 10.4 Å². The summed E-state index contributed by atoms with van der Waals surface area (Å²) < 4.78 is 18.6. The van der Waals surface area contributed by atoms with Crippen molar-refractivity contribution in [2.24, 2.45) is 0 Å². The van der Waals surface area contributed by atoms with E-state index in [1.807, 2.05) is 36.4 Å². The van der Waals surface area contributed by atoms with E-state index in [-0.39, 0.29) is 24.0 Å². The average Bonchev–Trinajstić information content (AvgIpc) is 3.06. The first kappa shape index (κ1) is 30.5.